The quantitative estimate of drug-likeness (QED) is 0.842. The van der Waals surface area contributed by atoms with Crippen molar-refractivity contribution in [1.82, 2.24) is 15.2 Å². The number of hydrogen-bond acceptors (Lipinski definition) is 4. The fraction of sp³-hybridized carbons (Fsp3) is 0.625. The average Bonchev–Trinajstić information content (AvgIpc) is 2.51. The third-order valence-electron chi connectivity index (χ3n) is 3.80. The molecule has 1 saturated heterocycles. The van der Waals surface area contributed by atoms with E-state index >= 15 is 0 Å². The number of pyridine rings is 1. The zero-order valence-corrected chi connectivity index (χ0v) is 13.7. The number of aromatic nitrogens is 1. The predicted molar refractivity (Wildman–Crippen MR) is 86.9 cm³/mol. The summed E-state index contributed by atoms with van der Waals surface area (Å²) in [7, 11) is 0. The van der Waals surface area contributed by atoms with E-state index in [1.807, 2.05) is 13.8 Å². The standard InChI is InChI=1S/C16H25FN4O2/c1-12(2)23-10-9-21-7-4-13(5-8-21)19-16(22)20-15-3-6-18-11-14(15)17/h3,6,11-13H,4-5,7-10H2,1-2H3,(H2,18,19,20,22). The van der Waals surface area contributed by atoms with Gasteiger partial charge in [-0.15, -0.1) is 0 Å². The number of hydrogen-bond donors (Lipinski definition) is 2. The minimum Gasteiger partial charge on any atom is -0.377 e. The van der Waals surface area contributed by atoms with Gasteiger partial charge in [0.25, 0.3) is 0 Å². The van der Waals surface area contributed by atoms with Gasteiger partial charge >= 0.3 is 6.03 Å². The van der Waals surface area contributed by atoms with Crippen LogP contribution < -0.4 is 10.6 Å². The molecule has 2 N–H and O–H groups in total. The zero-order chi connectivity index (χ0) is 16.7. The van der Waals surface area contributed by atoms with Crippen LogP contribution in [0, 0.1) is 5.82 Å². The Bertz CT molecular complexity index is 505. The van der Waals surface area contributed by atoms with Crippen molar-refractivity contribution in [1.29, 1.82) is 0 Å². The van der Waals surface area contributed by atoms with E-state index in [-0.39, 0.29) is 23.9 Å². The lowest BCUT2D eigenvalue weighted by atomic mass is 10.1. The van der Waals surface area contributed by atoms with E-state index in [0.717, 1.165) is 45.3 Å². The molecule has 6 nitrogen and oxygen atoms in total. The number of likely N-dealkylation sites (tertiary alicyclic amines) is 1. The number of carbonyl (C=O) groups is 1. The van der Waals surface area contributed by atoms with E-state index in [0.29, 0.717) is 0 Å². The molecular weight excluding hydrogens is 299 g/mol. The largest absolute Gasteiger partial charge is 0.377 e. The van der Waals surface area contributed by atoms with Gasteiger partial charge in [-0.25, -0.2) is 9.18 Å². The Hall–Kier alpha value is -1.73. The molecule has 2 heterocycles. The Balaban J connectivity index is 1.68. The third-order valence-corrected chi connectivity index (χ3v) is 3.80. The Morgan fingerprint density at radius 2 is 2.22 bits per heavy atom. The number of carbonyl (C=O) groups excluding carboxylic acids is 1. The topological polar surface area (TPSA) is 66.5 Å². The Labute approximate surface area is 136 Å². The average molecular weight is 324 g/mol. The second-order valence-corrected chi connectivity index (χ2v) is 5.99. The van der Waals surface area contributed by atoms with E-state index in [1.54, 1.807) is 0 Å². The maximum absolute atomic E-state index is 13.4. The van der Waals surface area contributed by atoms with Gasteiger partial charge in [-0.3, -0.25) is 4.98 Å². The Morgan fingerprint density at radius 3 is 2.87 bits per heavy atom. The van der Waals surface area contributed by atoms with Gasteiger partial charge in [0.15, 0.2) is 5.82 Å². The minimum atomic E-state index is -0.539. The van der Waals surface area contributed by atoms with E-state index in [1.165, 1.54) is 12.3 Å². The van der Waals surface area contributed by atoms with Crippen LogP contribution in [0.5, 0.6) is 0 Å². The normalized spacial score (nSPS) is 16.5. The van der Waals surface area contributed by atoms with Crippen LogP contribution in [-0.4, -0.2) is 54.3 Å². The first-order valence-corrected chi connectivity index (χ1v) is 8.05. The van der Waals surface area contributed by atoms with Gasteiger partial charge in [0.05, 0.1) is 24.6 Å². The molecule has 7 heteroatoms. The second kappa shape index (κ2) is 8.79. The first-order chi connectivity index (χ1) is 11.0. The van der Waals surface area contributed by atoms with Gasteiger partial charge in [0.1, 0.15) is 0 Å². The van der Waals surface area contributed by atoms with Gasteiger partial charge < -0.3 is 20.3 Å². The summed E-state index contributed by atoms with van der Waals surface area (Å²) < 4.78 is 19.0. The summed E-state index contributed by atoms with van der Waals surface area (Å²) in [6.45, 7) is 7.56. The molecule has 2 amide bonds. The summed E-state index contributed by atoms with van der Waals surface area (Å²) in [5.41, 5.74) is 0.140. The smallest absolute Gasteiger partial charge is 0.319 e. The van der Waals surface area contributed by atoms with Gasteiger partial charge in [-0.1, -0.05) is 0 Å². The van der Waals surface area contributed by atoms with Crippen molar-refractivity contribution in [2.45, 2.75) is 38.8 Å². The summed E-state index contributed by atoms with van der Waals surface area (Å²) >= 11 is 0. The van der Waals surface area contributed by atoms with E-state index < -0.39 is 5.82 Å². The van der Waals surface area contributed by atoms with Crippen molar-refractivity contribution < 1.29 is 13.9 Å². The summed E-state index contributed by atoms with van der Waals surface area (Å²) in [5, 5.41) is 5.41. The first kappa shape index (κ1) is 17.6. The van der Waals surface area contributed by atoms with Crippen LogP contribution in [-0.2, 0) is 4.74 Å². The number of ether oxygens (including phenoxy) is 1. The lowest BCUT2D eigenvalue weighted by Crippen LogP contribution is -2.46. The number of nitrogens with one attached hydrogen (secondary N) is 2. The monoisotopic (exact) mass is 324 g/mol. The van der Waals surface area contributed by atoms with Crippen LogP contribution in [0.2, 0.25) is 0 Å². The molecule has 0 spiro atoms. The van der Waals surface area contributed by atoms with Crippen LogP contribution in [0.15, 0.2) is 18.5 Å². The highest BCUT2D eigenvalue weighted by molar-refractivity contribution is 5.89. The lowest BCUT2D eigenvalue weighted by molar-refractivity contribution is 0.0530. The van der Waals surface area contributed by atoms with Crippen LogP contribution in [0.25, 0.3) is 0 Å². The Kier molecular flexibility index (Phi) is 6.73. The number of piperidine rings is 1. The van der Waals surface area contributed by atoms with E-state index in [9.17, 15) is 9.18 Å². The van der Waals surface area contributed by atoms with Crippen molar-refractivity contribution in [2.24, 2.45) is 0 Å². The molecule has 1 aromatic rings. The molecule has 2 rings (SSSR count). The van der Waals surface area contributed by atoms with Crippen molar-refractivity contribution in [2.75, 3.05) is 31.6 Å². The summed E-state index contributed by atoms with van der Waals surface area (Å²) in [4.78, 5) is 17.9. The fourth-order valence-electron chi connectivity index (χ4n) is 2.54. The number of rotatable bonds is 6. The highest BCUT2D eigenvalue weighted by atomic mass is 19.1. The van der Waals surface area contributed by atoms with Crippen LogP contribution in [0.3, 0.4) is 0 Å². The van der Waals surface area contributed by atoms with Crippen molar-refractivity contribution in [3.63, 3.8) is 0 Å². The maximum Gasteiger partial charge on any atom is 0.319 e. The van der Waals surface area contributed by atoms with Crippen molar-refractivity contribution in [3.05, 3.63) is 24.3 Å². The SMILES string of the molecule is CC(C)OCCN1CCC(NC(=O)Nc2ccncc2F)CC1. The van der Waals surface area contributed by atoms with Crippen LogP contribution >= 0.6 is 0 Å². The number of urea groups is 1. The van der Waals surface area contributed by atoms with Crippen LogP contribution in [0.4, 0.5) is 14.9 Å². The molecule has 23 heavy (non-hydrogen) atoms. The molecule has 0 bridgehead atoms. The molecule has 0 saturated carbocycles. The van der Waals surface area contributed by atoms with Crippen molar-refractivity contribution in [3.8, 4) is 0 Å². The second-order valence-electron chi connectivity index (χ2n) is 5.99. The number of anilines is 1. The molecule has 1 aliphatic heterocycles. The van der Waals surface area contributed by atoms with Gasteiger partial charge in [-0.2, -0.15) is 0 Å². The van der Waals surface area contributed by atoms with Crippen LogP contribution in [0.1, 0.15) is 26.7 Å². The summed E-state index contributed by atoms with van der Waals surface area (Å²) in [6, 6.07) is 1.17. The van der Waals surface area contributed by atoms with Gasteiger partial charge in [0, 0.05) is 31.9 Å². The zero-order valence-electron chi connectivity index (χ0n) is 13.7. The number of nitrogens with zero attached hydrogens (tertiary/aromatic N) is 2. The molecule has 128 valence electrons. The predicted octanol–water partition coefficient (Wildman–Crippen LogP) is 2.23. The lowest BCUT2D eigenvalue weighted by Gasteiger charge is -2.32. The minimum absolute atomic E-state index is 0.113. The molecule has 1 fully saturated rings. The molecule has 1 aliphatic rings. The Morgan fingerprint density at radius 1 is 1.48 bits per heavy atom. The van der Waals surface area contributed by atoms with Gasteiger partial charge in [0.2, 0.25) is 0 Å². The third kappa shape index (κ3) is 6.11. The highest BCUT2D eigenvalue weighted by Gasteiger charge is 2.20. The molecule has 0 radical (unpaired) electrons. The van der Waals surface area contributed by atoms with Crippen molar-refractivity contribution >= 4 is 11.7 Å². The highest BCUT2D eigenvalue weighted by Crippen LogP contribution is 2.13. The summed E-state index contributed by atoms with van der Waals surface area (Å²) in [6.07, 6.45) is 4.54. The molecule has 0 aliphatic carbocycles. The molecule has 0 aromatic carbocycles. The first-order valence-electron chi connectivity index (χ1n) is 8.05. The molecule has 0 atom stereocenters. The number of amides is 2. The summed E-state index contributed by atoms with van der Waals surface area (Å²) in [5.74, 6) is -0.539. The number of halogens is 1. The maximum atomic E-state index is 13.4. The van der Waals surface area contributed by atoms with E-state index in [2.05, 4.69) is 20.5 Å². The molecule has 0 unspecified atom stereocenters. The molecular formula is C16H25FN4O2. The van der Waals surface area contributed by atoms with Gasteiger partial charge in [-0.05, 0) is 32.8 Å². The van der Waals surface area contributed by atoms with E-state index in [4.69, 9.17) is 4.74 Å². The molecule has 1 aromatic heterocycles. The fourth-order valence-corrected chi connectivity index (χ4v) is 2.54.